The predicted octanol–water partition coefficient (Wildman–Crippen LogP) is 2.89. The fourth-order valence-corrected chi connectivity index (χ4v) is 4.34. The highest BCUT2D eigenvalue weighted by atomic mass is 16.5. The number of hydrogen-bond acceptors (Lipinski definition) is 3. The van der Waals surface area contributed by atoms with Crippen LogP contribution < -0.4 is 10.1 Å². The van der Waals surface area contributed by atoms with Gasteiger partial charge in [-0.25, -0.2) is 0 Å². The zero-order valence-electron chi connectivity index (χ0n) is 13.1. The molecule has 0 spiro atoms. The lowest BCUT2D eigenvalue weighted by atomic mass is 9.77. The van der Waals surface area contributed by atoms with E-state index in [1.54, 1.807) is 7.11 Å². The summed E-state index contributed by atoms with van der Waals surface area (Å²) in [5.74, 6) is 3.00. The summed E-state index contributed by atoms with van der Waals surface area (Å²) in [6.07, 6.45) is 7.26. The average molecular weight is 274 g/mol. The average Bonchev–Trinajstić information content (AvgIpc) is 3.02. The Kier molecular flexibility index (Phi) is 3.49. The number of aromatic nitrogens is 1. The lowest BCUT2D eigenvalue weighted by molar-refractivity contribution is 0.252. The van der Waals surface area contributed by atoms with Crippen molar-refractivity contribution >= 4 is 0 Å². The molecule has 0 aliphatic heterocycles. The summed E-state index contributed by atoms with van der Waals surface area (Å²) >= 11 is 0. The minimum Gasteiger partial charge on any atom is -0.496 e. The third-order valence-electron chi connectivity index (χ3n) is 5.30. The normalized spacial score (nSPS) is 31.2. The molecule has 3 rings (SSSR count). The van der Waals surface area contributed by atoms with Gasteiger partial charge in [-0.1, -0.05) is 0 Å². The molecule has 1 heterocycles. The summed E-state index contributed by atoms with van der Waals surface area (Å²) in [4.78, 5) is 4.71. The highest BCUT2D eigenvalue weighted by Gasteiger charge is 2.53. The Balaban J connectivity index is 1.86. The van der Waals surface area contributed by atoms with Gasteiger partial charge in [-0.3, -0.25) is 4.98 Å². The van der Waals surface area contributed by atoms with E-state index in [-0.39, 0.29) is 0 Å². The molecule has 0 amide bonds. The second-order valence-corrected chi connectivity index (χ2v) is 6.92. The topological polar surface area (TPSA) is 34.2 Å². The van der Waals surface area contributed by atoms with Crippen molar-refractivity contribution in [2.75, 3.05) is 20.7 Å². The van der Waals surface area contributed by atoms with Crippen molar-refractivity contribution in [3.63, 3.8) is 0 Å². The summed E-state index contributed by atoms with van der Waals surface area (Å²) < 4.78 is 5.55. The minimum absolute atomic E-state index is 0.417. The Bertz CT molecular complexity index is 502. The van der Waals surface area contributed by atoms with Crippen LogP contribution >= 0.6 is 0 Å². The minimum atomic E-state index is 0.417. The third kappa shape index (κ3) is 2.32. The third-order valence-corrected chi connectivity index (χ3v) is 5.30. The van der Waals surface area contributed by atoms with Crippen LogP contribution in [0.25, 0.3) is 0 Å². The first kappa shape index (κ1) is 13.9. The van der Waals surface area contributed by atoms with Crippen molar-refractivity contribution in [1.29, 1.82) is 0 Å². The number of hydrogen-bond donors (Lipinski definition) is 1. The number of nitrogens with zero attached hydrogens (tertiary/aromatic N) is 1. The van der Waals surface area contributed by atoms with E-state index in [0.717, 1.165) is 36.1 Å². The van der Waals surface area contributed by atoms with Crippen LogP contribution in [0.2, 0.25) is 0 Å². The van der Waals surface area contributed by atoms with E-state index in [2.05, 4.69) is 26.2 Å². The molecular formula is C17H26N2O. The van der Waals surface area contributed by atoms with Crippen molar-refractivity contribution in [2.45, 2.75) is 39.5 Å². The first-order valence-electron chi connectivity index (χ1n) is 7.72. The maximum absolute atomic E-state index is 5.55. The molecule has 0 bridgehead atoms. The monoisotopic (exact) mass is 274 g/mol. The Hall–Kier alpha value is -1.09. The van der Waals surface area contributed by atoms with Gasteiger partial charge in [-0.15, -0.1) is 0 Å². The second kappa shape index (κ2) is 5.03. The quantitative estimate of drug-likeness (QED) is 0.896. The molecule has 2 aliphatic rings. The highest BCUT2D eigenvalue weighted by molar-refractivity contribution is 5.41. The number of pyridine rings is 1. The Morgan fingerprint density at radius 2 is 2.05 bits per heavy atom. The number of rotatable bonds is 5. The molecule has 1 N–H and O–H groups in total. The van der Waals surface area contributed by atoms with Crippen molar-refractivity contribution in [3.05, 3.63) is 23.0 Å². The van der Waals surface area contributed by atoms with E-state index in [4.69, 9.17) is 9.72 Å². The largest absolute Gasteiger partial charge is 0.496 e. The molecule has 20 heavy (non-hydrogen) atoms. The number of fused-ring (bicyclic) bond motifs is 1. The molecule has 110 valence electrons. The maximum Gasteiger partial charge on any atom is 0.128 e. The Morgan fingerprint density at radius 1 is 1.35 bits per heavy atom. The standard InChI is InChI=1S/C17H26N2O/c1-11-9-19-15(12(2)16(11)20-4)8-17(10-18-3)6-13-5-14(13)7-17/h9,13-14,18H,5-8,10H2,1-4H3. The van der Waals surface area contributed by atoms with E-state index in [9.17, 15) is 0 Å². The summed E-state index contributed by atoms with van der Waals surface area (Å²) in [5, 5.41) is 3.41. The number of ether oxygens (including phenoxy) is 1. The molecule has 2 saturated carbocycles. The smallest absolute Gasteiger partial charge is 0.128 e. The number of nitrogens with one attached hydrogen (secondary N) is 1. The second-order valence-electron chi connectivity index (χ2n) is 6.92. The summed E-state index contributed by atoms with van der Waals surface area (Å²) in [7, 11) is 3.83. The van der Waals surface area contributed by atoms with Crippen LogP contribution in [0.1, 0.15) is 36.1 Å². The van der Waals surface area contributed by atoms with Gasteiger partial charge in [0.05, 0.1) is 7.11 Å². The zero-order chi connectivity index (χ0) is 14.3. The van der Waals surface area contributed by atoms with Gasteiger partial charge < -0.3 is 10.1 Å². The fraction of sp³-hybridized carbons (Fsp3) is 0.706. The van der Waals surface area contributed by atoms with Crippen LogP contribution in [0.4, 0.5) is 0 Å². The van der Waals surface area contributed by atoms with Gasteiger partial charge in [0.15, 0.2) is 0 Å². The molecule has 0 radical (unpaired) electrons. The van der Waals surface area contributed by atoms with Crippen LogP contribution in [-0.2, 0) is 6.42 Å². The molecule has 2 aliphatic carbocycles. The number of aryl methyl sites for hydroxylation is 1. The van der Waals surface area contributed by atoms with Gasteiger partial charge in [0.1, 0.15) is 5.75 Å². The molecule has 3 nitrogen and oxygen atoms in total. The Labute approximate surface area is 122 Å². The van der Waals surface area contributed by atoms with Gasteiger partial charge in [0.25, 0.3) is 0 Å². The summed E-state index contributed by atoms with van der Waals surface area (Å²) in [5.41, 5.74) is 4.00. The van der Waals surface area contributed by atoms with Crippen LogP contribution in [-0.4, -0.2) is 25.7 Å². The van der Waals surface area contributed by atoms with Crippen LogP contribution in [0.15, 0.2) is 6.20 Å². The first-order chi connectivity index (χ1) is 9.58. The highest BCUT2D eigenvalue weighted by Crippen LogP contribution is 2.60. The van der Waals surface area contributed by atoms with E-state index in [1.807, 2.05) is 6.20 Å². The molecule has 0 saturated heterocycles. The molecule has 1 aromatic heterocycles. The van der Waals surface area contributed by atoms with Crippen molar-refractivity contribution in [2.24, 2.45) is 17.3 Å². The molecule has 0 aromatic carbocycles. The molecule has 2 unspecified atom stereocenters. The van der Waals surface area contributed by atoms with E-state index < -0.39 is 0 Å². The summed E-state index contributed by atoms with van der Waals surface area (Å²) in [6, 6.07) is 0. The lowest BCUT2D eigenvalue weighted by Crippen LogP contribution is -2.34. The summed E-state index contributed by atoms with van der Waals surface area (Å²) in [6.45, 7) is 5.32. The van der Waals surface area contributed by atoms with E-state index in [0.29, 0.717) is 5.41 Å². The van der Waals surface area contributed by atoms with E-state index in [1.165, 1.54) is 30.5 Å². The van der Waals surface area contributed by atoms with Gasteiger partial charge in [0, 0.05) is 29.6 Å². The molecule has 2 atom stereocenters. The van der Waals surface area contributed by atoms with Crippen molar-refractivity contribution < 1.29 is 4.74 Å². The van der Waals surface area contributed by atoms with Gasteiger partial charge in [-0.05, 0) is 63.8 Å². The fourth-order valence-electron chi connectivity index (χ4n) is 4.34. The molecule has 3 heteroatoms. The van der Waals surface area contributed by atoms with Gasteiger partial charge in [0.2, 0.25) is 0 Å². The maximum atomic E-state index is 5.55. The predicted molar refractivity (Wildman–Crippen MR) is 81.2 cm³/mol. The van der Waals surface area contributed by atoms with Gasteiger partial charge >= 0.3 is 0 Å². The number of methoxy groups -OCH3 is 1. The SMILES string of the molecule is CNCC1(Cc2ncc(C)c(OC)c2C)CC2CC2C1. The lowest BCUT2D eigenvalue weighted by Gasteiger charge is -2.31. The molecule has 2 fully saturated rings. The molecule has 1 aromatic rings. The van der Waals surface area contributed by atoms with Gasteiger partial charge in [-0.2, -0.15) is 0 Å². The molecular weight excluding hydrogens is 248 g/mol. The zero-order valence-corrected chi connectivity index (χ0v) is 13.1. The van der Waals surface area contributed by atoms with Crippen molar-refractivity contribution in [1.82, 2.24) is 10.3 Å². The van der Waals surface area contributed by atoms with E-state index >= 15 is 0 Å². The van der Waals surface area contributed by atoms with Crippen molar-refractivity contribution in [3.8, 4) is 5.75 Å². The van der Waals surface area contributed by atoms with Crippen LogP contribution in [0.3, 0.4) is 0 Å². The first-order valence-corrected chi connectivity index (χ1v) is 7.72. The Morgan fingerprint density at radius 3 is 2.65 bits per heavy atom. The van der Waals surface area contributed by atoms with Crippen LogP contribution in [0, 0.1) is 31.1 Å². The van der Waals surface area contributed by atoms with Crippen LogP contribution in [0.5, 0.6) is 5.75 Å².